The molecule has 94 valence electrons. The van der Waals surface area contributed by atoms with Crippen LogP contribution in [0.3, 0.4) is 0 Å². The Morgan fingerprint density at radius 3 is 2.44 bits per heavy atom. The summed E-state index contributed by atoms with van der Waals surface area (Å²) in [7, 11) is 0. The van der Waals surface area contributed by atoms with E-state index in [9.17, 15) is 4.79 Å². The summed E-state index contributed by atoms with van der Waals surface area (Å²) in [6.45, 7) is 6.17. The van der Waals surface area contributed by atoms with Gasteiger partial charge in [-0.05, 0) is 44.9 Å². The van der Waals surface area contributed by atoms with Crippen LogP contribution in [0.4, 0.5) is 0 Å². The van der Waals surface area contributed by atoms with E-state index in [4.69, 9.17) is 5.73 Å². The van der Waals surface area contributed by atoms with E-state index in [0.717, 1.165) is 31.6 Å². The molecule has 3 nitrogen and oxygen atoms in total. The van der Waals surface area contributed by atoms with Gasteiger partial charge < -0.3 is 11.1 Å². The molecular weight excluding hydrogens is 200 g/mol. The van der Waals surface area contributed by atoms with Crippen LogP contribution in [0, 0.1) is 5.92 Å². The van der Waals surface area contributed by atoms with Crippen molar-refractivity contribution >= 4 is 5.91 Å². The maximum absolute atomic E-state index is 12.0. The smallest absolute Gasteiger partial charge is 0.240 e. The molecule has 0 aromatic carbocycles. The van der Waals surface area contributed by atoms with Gasteiger partial charge in [-0.25, -0.2) is 0 Å². The third-order valence-corrected chi connectivity index (χ3v) is 3.64. The lowest BCUT2D eigenvalue weighted by Gasteiger charge is -2.31. The zero-order valence-electron chi connectivity index (χ0n) is 10.9. The predicted octanol–water partition coefficient (Wildman–Crippen LogP) is 2.20. The van der Waals surface area contributed by atoms with Crippen LogP contribution in [0.2, 0.25) is 0 Å². The number of hydrogen-bond donors (Lipinski definition) is 2. The molecule has 3 heteroatoms. The zero-order valence-corrected chi connectivity index (χ0v) is 10.9. The van der Waals surface area contributed by atoms with E-state index in [-0.39, 0.29) is 5.91 Å². The van der Waals surface area contributed by atoms with Crippen molar-refractivity contribution in [1.82, 2.24) is 5.32 Å². The van der Waals surface area contributed by atoms with E-state index in [1.54, 1.807) is 0 Å². The number of amides is 1. The first-order chi connectivity index (χ1) is 7.45. The summed E-state index contributed by atoms with van der Waals surface area (Å²) >= 11 is 0. The Kier molecular flexibility index (Phi) is 4.78. The van der Waals surface area contributed by atoms with Crippen LogP contribution in [0.25, 0.3) is 0 Å². The van der Waals surface area contributed by atoms with Crippen molar-refractivity contribution in [3.63, 3.8) is 0 Å². The summed E-state index contributed by atoms with van der Waals surface area (Å²) in [6, 6.07) is 0.350. The summed E-state index contributed by atoms with van der Waals surface area (Å²) < 4.78 is 0. The third kappa shape index (κ3) is 3.78. The molecule has 1 amide bonds. The molecule has 0 spiro atoms. The molecule has 1 atom stereocenters. The van der Waals surface area contributed by atoms with Crippen molar-refractivity contribution in [3.05, 3.63) is 0 Å². The molecule has 1 aliphatic carbocycles. The highest BCUT2D eigenvalue weighted by atomic mass is 16.2. The Hall–Kier alpha value is -0.570. The highest BCUT2D eigenvalue weighted by Gasteiger charge is 2.29. The fraction of sp³-hybridized carbons (Fsp3) is 0.923. The summed E-state index contributed by atoms with van der Waals surface area (Å²) in [5, 5.41) is 3.10. The topological polar surface area (TPSA) is 55.1 Å². The lowest BCUT2D eigenvalue weighted by molar-refractivity contribution is -0.127. The van der Waals surface area contributed by atoms with Gasteiger partial charge in [0.2, 0.25) is 5.91 Å². The Morgan fingerprint density at radius 2 is 1.94 bits per heavy atom. The SMILES string of the molecule is CCCC(C)(N)C(=O)NC1CCC(C)CC1. The molecule has 0 heterocycles. The summed E-state index contributed by atoms with van der Waals surface area (Å²) in [6.07, 6.45) is 6.36. The summed E-state index contributed by atoms with van der Waals surface area (Å²) in [5.74, 6) is 0.835. The van der Waals surface area contributed by atoms with Gasteiger partial charge in [0, 0.05) is 6.04 Å². The minimum absolute atomic E-state index is 0.0221. The van der Waals surface area contributed by atoms with Gasteiger partial charge >= 0.3 is 0 Å². The average molecular weight is 226 g/mol. The Morgan fingerprint density at radius 1 is 1.38 bits per heavy atom. The van der Waals surface area contributed by atoms with E-state index in [0.29, 0.717) is 6.04 Å². The van der Waals surface area contributed by atoms with Crippen LogP contribution in [0.5, 0.6) is 0 Å². The van der Waals surface area contributed by atoms with Crippen molar-refractivity contribution in [1.29, 1.82) is 0 Å². The van der Waals surface area contributed by atoms with Gasteiger partial charge in [0.25, 0.3) is 0 Å². The lowest BCUT2D eigenvalue weighted by Crippen LogP contribution is -2.54. The number of nitrogens with two attached hydrogens (primary N) is 1. The van der Waals surface area contributed by atoms with Gasteiger partial charge in [0.15, 0.2) is 0 Å². The molecule has 0 aromatic heterocycles. The van der Waals surface area contributed by atoms with Crippen LogP contribution in [-0.2, 0) is 4.79 Å². The van der Waals surface area contributed by atoms with Crippen molar-refractivity contribution in [2.24, 2.45) is 11.7 Å². The first-order valence-corrected chi connectivity index (χ1v) is 6.55. The predicted molar refractivity (Wildman–Crippen MR) is 67.1 cm³/mol. The molecule has 1 fully saturated rings. The molecule has 0 bridgehead atoms. The Balaban J connectivity index is 2.39. The average Bonchev–Trinajstić information content (AvgIpc) is 2.21. The second kappa shape index (κ2) is 5.67. The van der Waals surface area contributed by atoms with Gasteiger partial charge in [-0.15, -0.1) is 0 Å². The molecule has 0 aliphatic heterocycles. The number of carbonyl (C=O) groups is 1. The fourth-order valence-corrected chi connectivity index (χ4v) is 2.39. The largest absolute Gasteiger partial charge is 0.352 e. The molecule has 0 radical (unpaired) electrons. The third-order valence-electron chi connectivity index (χ3n) is 3.64. The van der Waals surface area contributed by atoms with Crippen molar-refractivity contribution in [2.75, 3.05) is 0 Å². The number of rotatable bonds is 4. The number of nitrogens with one attached hydrogen (secondary N) is 1. The molecule has 0 aromatic rings. The monoisotopic (exact) mass is 226 g/mol. The second-order valence-corrected chi connectivity index (χ2v) is 5.60. The quantitative estimate of drug-likeness (QED) is 0.772. The van der Waals surface area contributed by atoms with Crippen LogP contribution >= 0.6 is 0 Å². The number of carbonyl (C=O) groups excluding carboxylic acids is 1. The Labute approximate surface area is 99.2 Å². The summed E-state index contributed by atoms with van der Waals surface area (Å²) in [4.78, 5) is 12.0. The van der Waals surface area contributed by atoms with Crippen LogP contribution in [0.1, 0.15) is 59.3 Å². The molecule has 1 rings (SSSR count). The molecule has 3 N–H and O–H groups in total. The maximum atomic E-state index is 12.0. The first-order valence-electron chi connectivity index (χ1n) is 6.55. The fourth-order valence-electron chi connectivity index (χ4n) is 2.39. The van der Waals surface area contributed by atoms with Crippen molar-refractivity contribution in [3.8, 4) is 0 Å². The molecule has 1 aliphatic rings. The van der Waals surface area contributed by atoms with E-state index in [1.807, 2.05) is 6.92 Å². The van der Waals surface area contributed by atoms with E-state index in [1.165, 1.54) is 12.8 Å². The molecule has 1 saturated carbocycles. The van der Waals surface area contributed by atoms with E-state index >= 15 is 0 Å². The van der Waals surface area contributed by atoms with Crippen molar-refractivity contribution in [2.45, 2.75) is 70.9 Å². The van der Waals surface area contributed by atoms with Crippen LogP contribution in [0.15, 0.2) is 0 Å². The van der Waals surface area contributed by atoms with E-state index < -0.39 is 5.54 Å². The van der Waals surface area contributed by atoms with Crippen LogP contribution in [-0.4, -0.2) is 17.5 Å². The van der Waals surface area contributed by atoms with E-state index in [2.05, 4.69) is 19.2 Å². The van der Waals surface area contributed by atoms with Gasteiger partial charge in [0.05, 0.1) is 5.54 Å². The minimum atomic E-state index is -0.697. The standard InChI is InChI=1S/C13H26N2O/c1-4-9-13(3,14)12(16)15-11-7-5-10(2)6-8-11/h10-11H,4-9,14H2,1-3H3,(H,15,16). The minimum Gasteiger partial charge on any atom is -0.352 e. The van der Waals surface area contributed by atoms with Crippen LogP contribution < -0.4 is 11.1 Å². The van der Waals surface area contributed by atoms with Gasteiger partial charge in [-0.3, -0.25) is 4.79 Å². The molecular formula is C13H26N2O. The normalized spacial score (nSPS) is 29.5. The first kappa shape index (κ1) is 13.5. The van der Waals surface area contributed by atoms with Gasteiger partial charge in [-0.2, -0.15) is 0 Å². The maximum Gasteiger partial charge on any atom is 0.240 e. The molecule has 0 saturated heterocycles. The van der Waals surface area contributed by atoms with Gasteiger partial charge in [0.1, 0.15) is 0 Å². The second-order valence-electron chi connectivity index (χ2n) is 5.60. The van der Waals surface area contributed by atoms with Crippen molar-refractivity contribution < 1.29 is 4.79 Å². The highest BCUT2D eigenvalue weighted by Crippen LogP contribution is 2.24. The number of hydrogen-bond acceptors (Lipinski definition) is 2. The zero-order chi connectivity index (χ0) is 12.2. The molecule has 1 unspecified atom stereocenters. The lowest BCUT2D eigenvalue weighted by atomic mass is 9.86. The highest BCUT2D eigenvalue weighted by molar-refractivity contribution is 5.85. The molecule has 16 heavy (non-hydrogen) atoms. The van der Waals surface area contributed by atoms with Gasteiger partial charge in [-0.1, -0.05) is 20.3 Å². The summed E-state index contributed by atoms with van der Waals surface area (Å²) in [5.41, 5.74) is 5.31. The Bertz CT molecular complexity index is 230.